The van der Waals surface area contributed by atoms with Crippen LogP contribution in [0.1, 0.15) is 11.1 Å². The van der Waals surface area contributed by atoms with E-state index >= 15 is 0 Å². The zero-order valence-electron chi connectivity index (χ0n) is 11.4. The maximum Gasteiger partial charge on any atom is 0.273 e. The van der Waals surface area contributed by atoms with E-state index in [2.05, 4.69) is 15.9 Å². The highest BCUT2D eigenvalue weighted by molar-refractivity contribution is 9.10. The van der Waals surface area contributed by atoms with Crippen LogP contribution >= 0.6 is 27.7 Å². The largest absolute Gasteiger partial charge is 0.496 e. The minimum Gasteiger partial charge on any atom is -0.496 e. The fourth-order valence-corrected chi connectivity index (χ4v) is 3.46. The first kappa shape index (κ1) is 15.9. The summed E-state index contributed by atoms with van der Waals surface area (Å²) in [6, 6.07) is 12.8. The van der Waals surface area contributed by atoms with Crippen LogP contribution in [0.2, 0.25) is 0 Å². The number of rotatable bonds is 6. The van der Waals surface area contributed by atoms with E-state index in [1.54, 1.807) is 37.1 Å². The molecule has 2 rings (SSSR count). The number of benzene rings is 2. The molecular formula is C15H14BrNO3S. The lowest BCUT2D eigenvalue weighted by Crippen LogP contribution is -1.94. The zero-order chi connectivity index (χ0) is 15.2. The molecule has 2 aromatic rings. The molecule has 2 aromatic carbocycles. The average Bonchev–Trinajstić information content (AvgIpc) is 2.48. The van der Waals surface area contributed by atoms with Crippen molar-refractivity contribution in [3.63, 3.8) is 0 Å². The molecular weight excluding hydrogens is 354 g/mol. The Morgan fingerprint density at radius 1 is 1.24 bits per heavy atom. The maximum atomic E-state index is 10.9. The fourth-order valence-electron chi connectivity index (χ4n) is 1.89. The van der Waals surface area contributed by atoms with Crippen LogP contribution in [-0.2, 0) is 11.5 Å². The second-order valence-electron chi connectivity index (χ2n) is 4.35. The highest BCUT2D eigenvalue weighted by Gasteiger charge is 2.12. The third kappa shape index (κ3) is 4.22. The molecule has 0 aliphatic rings. The molecule has 110 valence electrons. The van der Waals surface area contributed by atoms with Gasteiger partial charge in [-0.25, -0.2) is 0 Å². The van der Waals surface area contributed by atoms with E-state index in [0.29, 0.717) is 5.75 Å². The fraction of sp³-hybridized carbons (Fsp3) is 0.200. The number of para-hydroxylation sites is 1. The van der Waals surface area contributed by atoms with Gasteiger partial charge in [-0.15, -0.1) is 0 Å². The summed E-state index contributed by atoms with van der Waals surface area (Å²) in [6.07, 6.45) is 0. The van der Waals surface area contributed by atoms with Crippen molar-refractivity contribution in [3.05, 3.63) is 68.2 Å². The molecule has 0 saturated heterocycles. The summed E-state index contributed by atoms with van der Waals surface area (Å²) >= 11 is 5.10. The first-order chi connectivity index (χ1) is 10.1. The first-order valence-corrected chi connectivity index (χ1v) is 8.19. The van der Waals surface area contributed by atoms with Gasteiger partial charge in [-0.05, 0) is 33.6 Å². The van der Waals surface area contributed by atoms with E-state index < -0.39 is 0 Å². The maximum absolute atomic E-state index is 10.9. The van der Waals surface area contributed by atoms with Crippen LogP contribution in [0.15, 0.2) is 46.9 Å². The minimum atomic E-state index is -0.333. The second kappa shape index (κ2) is 7.47. The predicted octanol–water partition coefficient (Wildman–Crippen LogP) is 4.80. The van der Waals surface area contributed by atoms with Gasteiger partial charge in [0.25, 0.3) is 5.69 Å². The topological polar surface area (TPSA) is 52.4 Å². The van der Waals surface area contributed by atoms with Crippen LogP contribution in [-0.4, -0.2) is 12.0 Å². The number of nitro benzene ring substituents is 1. The van der Waals surface area contributed by atoms with Crippen molar-refractivity contribution in [2.24, 2.45) is 0 Å². The van der Waals surface area contributed by atoms with Crippen molar-refractivity contribution >= 4 is 33.4 Å². The van der Waals surface area contributed by atoms with Crippen LogP contribution in [0, 0.1) is 10.1 Å². The van der Waals surface area contributed by atoms with Gasteiger partial charge >= 0.3 is 0 Å². The van der Waals surface area contributed by atoms with E-state index in [1.807, 2.05) is 24.3 Å². The van der Waals surface area contributed by atoms with E-state index in [9.17, 15) is 10.1 Å². The van der Waals surface area contributed by atoms with Crippen molar-refractivity contribution in [1.82, 2.24) is 0 Å². The molecule has 0 fully saturated rings. The lowest BCUT2D eigenvalue weighted by molar-refractivity contribution is -0.385. The van der Waals surface area contributed by atoms with Crippen LogP contribution in [0.4, 0.5) is 5.69 Å². The molecule has 0 spiro atoms. The molecule has 6 heteroatoms. The summed E-state index contributed by atoms with van der Waals surface area (Å²) in [6.45, 7) is 0. The number of thioether (sulfide) groups is 1. The lowest BCUT2D eigenvalue weighted by Gasteiger charge is -2.07. The highest BCUT2D eigenvalue weighted by Crippen LogP contribution is 2.29. The normalized spacial score (nSPS) is 10.4. The monoisotopic (exact) mass is 367 g/mol. The van der Waals surface area contributed by atoms with Crippen molar-refractivity contribution in [1.29, 1.82) is 0 Å². The third-order valence-corrected chi connectivity index (χ3v) is 4.60. The van der Waals surface area contributed by atoms with Crippen molar-refractivity contribution in [3.8, 4) is 5.75 Å². The summed E-state index contributed by atoms with van der Waals surface area (Å²) in [7, 11) is 1.63. The third-order valence-electron chi connectivity index (χ3n) is 2.93. The van der Waals surface area contributed by atoms with Crippen molar-refractivity contribution in [2.45, 2.75) is 11.5 Å². The first-order valence-electron chi connectivity index (χ1n) is 6.24. The molecule has 21 heavy (non-hydrogen) atoms. The highest BCUT2D eigenvalue weighted by atomic mass is 79.9. The summed E-state index contributed by atoms with van der Waals surface area (Å²) < 4.78 is 6.10. The van der Waals surface area contributed by atoms with Gasteiger partial charge < -0.3 is 4.74 Å². The van der Waals surface area contributed by atoms with Gasteiger partial charge in [0.1, 0.15) is 5.75 Å². The van der Waals surface area contributed by atoms with Gasteiger partial charge in [-0.1, -0.05) is 24.3 Å². The van der Waals surface area contributed by atoms with E-state index in [1.165, 1.54) is 0 Å². The molecule has 0 bridgehead atoms. The number of ether oxygens (including phenoxy) is 1. The van der Waals surface area contributed by atoms with Gasteiger partial charge in [0.15, 0.2) is 0 Å². The number of nitro groups is 1. The second-order valence-corrected chi connectivity index (χ2v) is 6.19. The molecule has 0 amide bonds. The molecule has 0 aliphatic heterocycles. The standard InChI is InChI=1S/C15H14BrNO3S/c1-20-15-7-6-11(8-13(15)16)9-21-10-12-4-2-3-5-14(12)17(18)19/h2-8H,9-10H2,1H3. The molecule has 0 aliphatic carbocycles. The van der Waals surface area contributed by atoms with Gasteiger partial charge in [0, 0.05) is 23.1 Å². The molecule has 0 aromatic heterocycles. The quantitative estimate of drug-likeness (QED) is 0.543. The summed E-state index contributed by atoms with van der Waals surface area (Å²) in [5.41, 5.74) is 2.08. The SMILES string of the molecule is COc1ccc(CSCc2ccccc2[N+](=O)[O-])cc1Br. The zero-order valence-corrected chi connectivity index (χ0v) is 13.8. The molecule has 0 saturated carbocycles. The molecule has 0 N–H and O–H groups in total. The summed E-state index contributed by atoms with van der Waals surface area (Å²) in [4.78, 5) is 10.6. The Morgan fingerprint density at radius 2 is 2.00 bits per heavy atom. The van der Waals surface area contributed by atoms with E-state index in [-0.39, 0.29) is 10.6 Å². The minimum absolute atomic E-state index is 0.181. The Balaban J connectivity index is 1.99. The molecule has 0 atom stereocenters. The Morgan fingerprint density at radius 3 is 2.67 bits per heavy atom. The Bertz CT molecular complexity index is 649. The van der Waals surface area contributed by atoms with Crippen molar-refractivity contribution in [2.75, 3.05) is 7.11 Å². The summed E-state index contributed by atoms with van der Waals surface area (Å²) in [5.74, 6) is 2.19. The van der Waals surface area contributed by atoms with E-state index in [4.69, 9.17) is 4.74 Å². The van der Waals surface area contributed by atoms with Gasteiger partial charge in [-0.2, -0.15) is 11.8 Å². The molecule has 0 radical (unpaired) electrons. The summed E-state index contributed by atoms with van der Waals surface area (Å²) in [5, 5.41) is 10.9. The Labute approximate surface area is 135 Å². The smallest absolute Gasteiger partial charge is 0.273 e. The number of methoxy groups -OCH3 is 1. The molecule has 0 heterocycles. The van der Waals surface area contributed by atoms with Crippen LogP contribution in [0.5, 0.6) is 5.75 Å². The number of halogens is 1. The average molecular weight is 368 g/mol. The molecule has 4 nitrogen and oxygen atoms in total. The van der Waals surface area contributed by atoms with Crippen LogP contribution in [0.3, 0.4) is 0 Å². The van der Waals surface area contributed by atoms with Gasteiger partial charge in [0.2, 0.25) is 0 Å². The number of hydrogen-bond acceptors (Lipinski definition) is 4. The van der Waals surface area contributed by atoms with Gasteiger partial charge in [-0.3, -0.25) is 10.1 Å². The number of nitrogens with zero attached hydrogens (tertiary/aromatic N) is 1. The van der Waals surface area contributed by atoms with Gasteiger partial charge in [0.05, 0.1) is 16.5 Å². The number of hydrogen-bond donors (Lipinski definition) is 0. The Hall–Kier alpha value is -1.53. The van der Waals surface area contributed by atoms with Crippen LogP contribution < -0.4 is 4.74 Å². The van der Waals surface area contributed by atoms with Crippen LogP contribution in [0.25, 0.3) is 0 Å². The van der Waals surface area contributed by atoms with Crippen molar-refractivity contribution < 1.29 is 9.66 Å². The predicted molar refractivity (Wildman–Crippen MR) is 88.8 cm³/mol. The van der Waals surface area contributed by atoms with E-state index in [0.717, 1.165) is 27.1 Å². The lowest BCUT2D eigenvalue weighted by atomic mass is 10.2. The molecule has 0 unspecified atom stereocenters. The Kier molecular flexibility index (Phi) is 5.64.